The molecular formula is C33H58O12. The van der Waals surface area contributed by atoms with Crippen molar-refractivity contribution in [3.05, 3.63) is 35.9 Å². The first kappa shape index (κ1) is 41.3. The Hall–Kier alpha value is -1.71. The summed E-state index contributed by atoms with van der Waals surface area (Å²) in [4.78, 5) is 11.5. The van der Waals surface area contributed by atoms with Crippen molar-refractivity contribution in [3.8, 4) is 0 Å². The van der Waals surface area contributed by atoms with Crippen molar-refractivity contribution in [2.45, 2.75) is 39.2 Å². The molecule has 0 spiro atoms. The van der Waals surface area contributed by atoms with E-state index in [4.69, 9.17) is 52.1 Å². The van der Waals surface area contributed by atoms with Gasteiger partial charge in [0, 0.05) is 6.42 Å². The van der Waals surface area contributed by atoms with E-state index in [2.05, 4.69) is 6.92 Å². The molecule has 12 heteroatoms. The van der Waals surface area contributed by atoms with Crippen LogP contribution >= 0.6 is 0 Å². The van der Waals surface area contributed by atoms with E-state index in [1.165, 1.54) is 0 Å². The first-order chi connectivity index (χ1) is 22.3. The maximum atomic E-state index is 11.5. The highest BCUT2D eigenvalue weighted by atomic mass is 16.6. The van der Waals surface area contributed by atoms with E-state index in [9.17, 15) is 4.79 Å². The monoisotopic (exact) mass is 646 g/mol. The summed E-state index contributed by atoms with van der Waals surface area (Å²) in [5, 5.41) is 0. The van der Waals surface area contributed by atoms with Crippen LogP contribution in [-0.2, 0) is 63.5 Å². The molecule has 0 bridgehead atoms. The SMILES string of the molecule is CCCCCC(=O)OCCOCCOCCOCCOCCOCCOCCOCCOCCOCCOCc1ccccc1. The second-order valence-corrected chi connectivity index (χ2v) is 9.73. The molecule has 1 aromatic rings. The number of rotatable bonds is 36. The van der Waals surface area contributed by atoms with Gasteiger partial charge in [-0.05, 0) is 12.0 Å². The molecule has 0 radical (unpaired) electrons. The number of unbranched alkanes of at least 4 members (excludes halogenated alkanes) is 2. The van der Waals surface area contributed by atoms with Crippen LogP contribution in [-0.4, -0.2) is 138 Å². The first-order valence-corrected chi connectivity index (χ1v) is 16.3. The summed E-state index contributed by atoms with van der Waals surface area (Å²) in [6.45, 7) is 12.5. The van der Waals surface area contributed by atoms with Gasteiger partial charge >= 0.3 is 5.97 Å². The van der Waals surface area contributed by atoms with Crippen LogP contribution in [0.5, 0.6) is 0 Å². The van der Waals surface area contributed by atoms with Gasteiger partial charge in [0.25, 0.3) is 0 Å². The van der Waals surface area contributed by atoms with Crippen LogP contribution in [0.2, 0.25) is 0 Å². The molecule has 1 aromatic carbocycles. The Balaban J connectivity index is 1.63. The molecule has 45 heavy (non-hydrogen) atoms. The summed E-state index contributed by atoms with van der Waals surface area (Å²) in [7, 11) is 0. The van der Waals surface area contributed by atoms with E-state index in [0.29, 0.717) is 139 Å². The van der Waals surface area contributed by atoms with Gasteiger partial charge in [0.15, 0.2) is 0 Å². The third kappa shape index (κ3) is 32.0. The number of hydrogen-bond acceptors (Lipinski definition) is 12. The van der Waals surface area contributed by atoms with E-state index >= 15 is 0 Å². The molecule has 0 N–H and O–H groups in total. The van der Waals surface area contributed by atoms with Crippen LogP contribution in [0.3, 0.4) is 0 Å². The average Bonchev–Trinajstić information content (AvgIpc) is 3.06. The molecule has 1 rings (SSSR count). The van der Waals surface area contributed by atoms with Crippen LogP contribution in [0.4, 0.5) is 0 Å². The largest absolute Gasteiger partial charge is 0.463 e. The molecular weight excluding hydrogens is 588 g/mol. The fourth-order valence-corrected chi connectivity index (χ4v) is 3.55. The van der Waals surface area contributed by atoms with E-state index in [-0.39, 0.29) is 12.6 Å². The van der Waals surface area contributed by atoms with Crippen LogP contribution in [0.1, 0.15) is 38.2 Å². The molecule has 12 nitrogen and oxygen atoms in total. The number of carbonyl (C=O) groups excluding carboxylic acids is 1. The minimum atomic E-state index is -0.158. The van der Waals surface area contributed by atoms with Crippen molar-refractivity contribution in [2.75, 3.05) is 132 Å². The van der Waals surface area contributed by atoms with Crippen LogP contribution in [0.15, 0.2) is 30.3 Å². The number of ether oxygens (including phenoxy) is 11. The quantitative estimate of drug-likeness (QED) is 0.0785. The zero-order valence-electron chi connectivity index (χ0n) is 27.5. The summed E-state index contributed by atoms with van der Waals surface area (Å²) in [6, 6.07) is 10.1. The summed E-state index contributed by atoms with van der Waals surface area (Å²) >= 11 is 0. The fraction of sp³-hybridized carbons (Fsp3) is 0.788. The van der Waals surface area contributed by atoms with Crippen LogP contribution in [0, 0.1) is 0 Å². The van der Waals surface area contributed by atoms with Gasteiger partial charge in [-0.1, -0.05) is 50.1 Å². The Labute approximate surface area is 270 Å². The lowest BCUT2D eigenvalue weighted by Gasteiger charge is -2.09. The van der Waals surface area contributed by atoms with Crippen LogP contribution < -0.4 is 0 Å². The molecule has 0 saturated carbocycles. The zero-order chi connectivity index (χ0) is 32.1. The lowest BCUT2D eigenvalue weighted by Crippen LogP contribution is -2.15. The molecule has 0 unspecified atom stereocenters. The minimum Gasteiger partial charge on any atom is -0.463 e. The molecule has 0 heterocycles. The smallest absolute Gasteiger partial charge is 0.305 e. The molecule has 262 valence electrons. The normalized spacial score (nSPS) is 11.3. The van der Waals surface area contributed by atoms with E-state index in [1.807, 2.05) is 30.3 Å². The van der Waals surface area contributed by atoms with Crippen LogP contribution in [0.25, 0.3) is 0 Å². The van der Waals surface area contributed by atoms with Gasteiger partial charge < -0.3 is 52.1 Å². The Kier molecular flexibility index (Phi) is 32.3. The summed E-state index contributed by atoms with van der Waals surface area (Å²) in [5.74, 6) is -0.158. The summed E-state index contributed by atoms with van der Waals surface area (Å²) < 4.78 is 59.8. The zero-order valence-corrected chi connectivity index (χ0v) is 27.5. The molecule has 0 atom stereocenters. The molecule has 0 aromatic heterocycles. The van der Waals surface area contributed by atoms with Crippen molar-refractivity contribution in [1.82, 2.24) is 0 Å². The van der Waals surface area contributed by atoms with Gasteiger partial charge in [0.2, 0.25) is 0 Å². The highest BCUT2D eigenvalue weighted by Gasteiger charge is 2.02. The number of carbonyl (C=O) groups is 1. The number of hydrogen-bond donors (Lipinski definition) is 0. The van der Waals surface area contributed by atoms with Crippen molar-refractivity contribution < 1.29 is 56.9 Å². The Morgan fingerprint density at radius 3 is 1.13 bits per heavy atom. The Morgan fingerprint density at radius 2 is 0.778 bits per heavy atom. The lowest BCUT2D eigenvalue weighted by molar-refractivity contribution is -0.145. The Bertz CT molecular complexity index is 725. The predicted molar refractivity (Wildman–Crippen MR) is 169 cm³/mol. The minimum absolute atomic E-state index is 0.158. The maximum Gasteiger partial charge on any atom is 0.305 e. The highest BCUT2D eigenvalue weighted by molar-refractivity contribution is 5.69. The first-order valence-electron chi connectivity index (χ1n) is 16.3. The second kappa shape index (κ2) is 35.1. The maximum absolute atomic E-state index is 11.5. The standard InChI is InChI=1S/C33H58O12/c1-2-3-5-10-33(34)45-30-29-43-26-25-41-22-21-39-18-17-37-14-13-35-11-12-36-15-16-38-19-20-40-23-24-42-27-28-44-31-32-8-6-4-7-9-32/h4,6-9H,2-3,5,10-31H2,1H3. The van der Waals surface area contributed by atoms with Crippen molar-refractivity contribution in [2.24, 2.45) is 0 Å². The van der Waals surface area contributed by atoms with Gasteiger partial charge in [-0.25, -0.2) is 0 Å². The third-order valence-electron chi connectivity index (χ3n) is 5.93. The highest BCUT2D eigenvalue weighted by Crippen LogP contribution is 2.01. The predicted octanol–water partition coefficient (Wildman–Crippen LogP) is 3.48. The van der Waals surface area contributed by atoms with Gasteiger partial charge in [-0.15, -0.1) is 0 Å². The number of benzene rings is 1. The van der Waals surface area contributed by atoms with Gasteiger partial charge in [-0.2, -0.15) is 0 Å². The average molecular weight is 647 g/mol. The van der Waals surface area contributed by atoms with E-state index in [0.717, 1.165) is 24.8 Å². The number of esters is 1. The third-order valence-corrected chi connectivity index (χ3v) is 5.93. The van der Waals surface area contributed by atoms with Gasteiger partial charge in [-0.3, -0.25) is 4.79 Å². The van der Waals surface area contributed by atoms with Crippen molar-refractivity contribution >= 4 is 5.97 Å². The van der Waals surface area contributed by atoms with Crippen molar-refractivity contribution in [3.63, 3.8) is 0 Å². The topological polar surface area (TPSA) is 119 Å². The Morgan fingerprint density at radius 1 is 0.444 bits per heavy atom. The lowest BCUT2D eigenvalue weighted by atomic mass is 10.2. The van der Waals surface area contributed by atoms with E-state index < -0.39 is 0 Å². The molecule has 0 saturated heterocycles. The molecule has 0 aliphatic heterocycles. The summed E-state index contributed by atoms with van der Waals surface area (Å²) in [5.41, 5.74) is 1.16. The molecule has 0 aliphatic carbocycles. The fourth-order valence-electron chi connectivity index (χ4n) is 3.55. The summed E-state index contributed by atoms with van der Waals surface area (Å²) in [6.07, 6.45) is 3.50. The van der Waals surface area contributed by atoms with Gasteiger partial charge in [0.05, 0.1) is 132 Å². The van der Waals surface area contributed by atoms with E-state index in [1.54, 1.807) is 0 Å². The molecule has 0 fully saturated rings. The molecule has 0 aliphatic rings. The molecule has 0 amide bonds. The van der Waals surface area contributed by atoms with Crippen molar-refractivity contribution in [1.29, 1.82) is 0 Å². The second-order valence-electron chi connectivity index (χ2n) is 9.73. The van der Waals surface area contributed by atoms with Gasteiger partial charge in [0.1, 0.15) is 6.61 Å².